The maximum Gasteiger partial charge on any atom is 0.137 e. The Bertz CT molecular complexity index is 4840. The van der Waals surface area contributed by atoms with Gasteiger partial charge in [-0.05, 0) is 165 Å². The van der Waals surface area contributed by atoms with Gasteiger partial charge in [0, 0.05) is 67.4 Å². The van der Waals surface area contributed by atoms with Gasteiger partial charge < -0.3 is 18.8 Å². The van der Waals surface area contributed by atoms with E-state index in [-0.39, 0.29) is 0 Å². The molecule has 0 N–H and O–H groups in total. The third-order valence-electron chi connectivity index (χ3n) is 16.7. The van der Waals surface area contributed by atoms with Crippen LogP contribution in [0.4, 0.5) is 34.1 Å². The predicted octanol–water partition coefficient (Wildman–Crippen LogP) is 23.6. The summed E-state index contributed by atoms with van der Waals surface area (Å²) in [5.41, 5.74) is 24.0. The molecular formula is C84H59N3O. The lowest BCUT2D eigenvalue weighted by atomic mass is 10.0. The molecule has 0 radical (unpaired) electrons. The van der Waals surface area contributed by atoms with Crippen LogP contribution in [0.1, 0.15) is 0 Å². The summed E-state index contributed by atoms with van der Waals surface area (Å²) >= 11 is 0. The number of hydrogen-bond acceptors (Lipinski definition) is 3. The zero-order valence-electron chi connectivity index (χ0n) is 48.3. The molecule has 16 rings (SSSR count). The second-order valence-electron chi connectivity index (χ2n) is 22.1. The van der Waals surface area contributed by atoms with Gasteiger partial charge in [0.25, 0.3) is 0 Å². The number of hydrogen-bond donors (Lipinski definition) is 0. The molecule has 2 aromatic heterocycles. The fourth-order valence-electron chi connectivity index (χ4n) is 12.3. The Kier molecular flexibility index (Phi) is 14.3. The Labute approximate surface area is 513 Å². The van der Waals surface area contributed by atoms with Gasteiger partial charge in [0.05, 0.1) is 11.0 Å². The zero-order chi connectivity index (χ0) is 58.6. The van der Waals surface area contributed by atoms with E-state index in [1.807, 2.05) is 24.3 Å². The number of rotatable bonds is 12. The Morgan fingerprint density at radius 3 is 0.943 bits per heavy atom. The van der Waals surface area contributed by atoms with E-state index in [2.05, 4.69) is 348 Å². The van der Waals surface area contributed by atoms with Crippen molar-refractivity contribution in [3.8, 4) is 61.3 Å². The Morgan fingerprint density at radius 1 is 0.193 bits per heavy atom. The van der Waals surface area contributed by atoms with Crippen molar-refractivity contribution < 1.29 is 4.42 Å². The van der Waals surface area contributed by atoms with Gasteiger partial charge in [-0.1, -0.05) is 243 Å². The van der Waals surface area contributed by atoms with Crippen LogP contribution in [0.15, 0.2) is 362 Å². The molecule has 0 saturated carbocycles. The second kappa shape index (κ2) is 23.7. The van der Waals surface area contributed by atoms with E-state index in [0.717, 1.165) is 56.1 Å². The normalized spacial score (nSPS) is 11.2. The molecule has 88 heavy (non-hydrogen) atoms. The van der Waals surface area contributed by atoms with Gasteiger partial charge in [-0.15, -0.1) is 0 Å². The van der Waals surface area contributed by atoms with E-state index in [1.165, 1.54) is 83.1 Å². The van der Waals surface area contributed by atoms with Gasteiger partial charge in [0.2, 0.25) is 0 Å². The third-order valence-corrected chi connectivity index (χ3v) is 16.7. The first-order chi connectivity index (χ1) is 43.6. The molecule has 0 aliphatic heterocycles. The first-order valence-electron chi connectivity index (χ1n) is 30.0. The number of fused-ring (bicyclic) bond motifs is 6. The summed E-state index contributed by atoms with van der Waals surface area (Å²) in [5, 5.41) is 4.78. The van der Waals surface area contributed by atoms with Crippen molar-refractivity contribution in [1.82, 2.24) is 4.57 Å². The van der Waals surface area contributed by atoms with Crippen molar-refractivity contribution in [2.24, 2.45) is 0 Å². The van der Waals surface area contributed by atoms with Crippen LogP contribution in [0.3, 0.4) is 0 Å². The first-order valence-corrected chi connectivity index (χ1v) is 30.0. The molecule has 14 aromatic carbocycles. The summed E-state index contributed by atoms with van der Waals surface area (Å²) < 4.78 is 8.60. The molecule has 0 saturated heterocycles. The van der Waals surface area contributed by atoms with Crippen LogP contribution in [0.25, 0.3) is 105 Å². The smallest absolute Gasteiger partial charge is 0.137 e. The molecule has 0 bridgehead atoms. The van der Waals surface area contributed by atoms with E-state index in [4.69, 9.17) is 4.42 Å². The van der Waals surface area contributed by atoms with Gasteiger partial charge in [-0.25, -0.2) is 0 Å². The molecule has 0 aliphatic rings. The molecule has 0 spiro atoms. The highest BCUT2D eigenvalue weighted by molar-refractivity contribution is 6.11. The number of aromatic nitrogens is 1. The Balaban J connectivity index is 0.000000153. The van der Waals surface area contributed by atoms with Crippen LogP contribution in [-0.4, -0.2) is 4.57 Å². The van der Waals surface area contributed by atoms with E-state index in [0.29, 0.717) is 0 Å². The highest BCUT2D eigenvalue weighted by Gasteiger charge is 2.19. The number of nitrogens with zero attached hydrogens (tertiary/aromatic N) is 3. The van der Waals surface area contributed by atoms with E-state index in [1.54, 1.807) is 0 Å². The zero-order valence-corrected chi connectivity index (χ0v) is 48.3. The number of benzene rings is 14. The van der Waals surface area contributed by atoms with Gasteiger partial charge in [0.15, 0.2) is 0 Å². The molecular weight excluding hydrogens is 1070 g/mol. The van der Waals surface area contributed by atoms with Crippen LogP contribution in [0, 0.1) is 0 Å². The molecule has 416 valence electrons. The molecule has 0 unspecified atom stereocenters. The SMILES string of the molecule is c1ccc(-c2ccc(N(c3ccc(-c4ccccc4)cc3)c3ccc(-c4ccc5c(c4)c4ccccc4n5-c4ccccc4)cc3)cc2)cc1.c1ccc(-c2ccc(N(c3ccc(-c4ccccc4)cc3)c3ccc4c(c3)oc3ccccc34)cc2)cc1. The minimum atomic E-state index is 0.885. The largest absolute Gasteiger partial charge is 0.456 e. The van der Waals surface area contributed by atoms with Gasteiger partial charge >= 0.3 is 0 Å². The molecule has 0 amide bonds. The maximum atomic E-state index is 6.24. The minimum absolute atomic E-state index is 0.885. The molecule has 0 aliphatic carbocycles. The summed E-state index contributed by atoms with van der Waals surface area (Å²) in [4.78, 5) is 4.63. The van der Waals surface area contributed by atoms with E-state index >= 15 is 0 Å². The molecule has 4 nitrogen and oxygen atoms in total. The third kappa shape index (κ3) is 10.6. The van der Waals surface area contributed by atoms with Crippen LogP contribution in [0.5, 0.6) is 0 Å². The van der Waals surface area contributed by atoms with Crippen LogP contribution in [0.2, 0.25) is 0 Å². The minimum Gasteiger partial charge on any atom is -0.456 e. The maximum absolute atomic E-state index is 6.24. The fraction of sp³-hybridized carbons (Fsp3) is 0. The molecule has 0 fully saturated rings. The van der Waals surface area contributed by atoms with Gasteiger partial charge in [0.1, 0.15) is 11.2 Å². The van der Waals surface area contributed by atoms with Crippen molar-refractivity contribution in [1.29, 1.82) is 0 Å². The van der Waals surface area contributed by atoms with Crippen molar-refractivity contribution >= 4 is 77.9 Å². The first kappa shape index (κ1) is 53.0. The monoisotopic (exact) mass is 1130 g/mol. The highest BCUT2D eigenvalue weighted by Crippen LogP contribution is 2.42. The second-order valence-corrected chi connectivity index (χ2v) is 22.1. The molecule has 16 aromatic rings. The molecule has 0 atom stereocenters. The summed E-state index contributed by atoms with van der Waals surface area (Å²) in [5.74, 6) is 0. The quantitative estimate of drug-likeness (QED) is 0.122. The number of furan rings is 1. The van der Waals surface area contributed by atoms with Crippen molar-refractivity contribution in [3.63, 3.8) is 0 Å². The van der Waals surface area contributed by atoms with Crippen LogP contribution < -0.4 is 9.80 Å². The summed E-state index contributed by atoms with van der Waals surface area (Å²) in [6.45, 7) is 0. The average molecular weight is 1130 g/mol. The topological polar surface area (TPSA) is 24.6 Å². The lowest BCUT2D eigenvalue weighted by Crippen LogP contribution is -2.09. The average Bonchev–Trinajstić information content (AvgIpc) is 2.83. The van der Waals surface area contributed by atoms with Gasteiger partial charge in [-0.3, -0.25) is 0 Å². The van der Waals surface area contributed by atoms with Gasteiger partial charge in [-0.2, -0.15) is 0 Å². The van der Waals surface area contributed by atoms with Crippen LogP contribution in [-0.2, 0) is 0 Å². The number of anilines is 6. The van der Waals surface area contributed by atoms with Crippen molar-refractivity contribution in [3.05, 3.63) is 358 Å². The van der Waals surface area contributed by atoms with E-state index in [9.17, 15) is 0 Å². The van der Waals surface area contributed by atoms with E-state index < -0.39 is 0 Å². The van der Waals surface area contributed by atoms with Crippen LogP contribution >= 0.6 is 0 Å². The Hall–Kier alpha value is -11.7. The fourth-order valence-corrected chi connectivity index (χ4v) is 12.3. The lowest BCUT2D eigenvalue weighted by molar-refractivity contribution is 0.669. The predicted molar refractivity (Wildman–Crippen MR) is 371 cm³/mol. The molecule has 4 heteroatoms. The summed E-state index contributed by atoms with van der Waals surface area (Å²) in [6, 6.07) is 127. The standard InChI is InChI=1S/C48H34N2.C36H25NO/c1-4-12-35(13-5-1)37-20-27-42(28-21-37)49(43-29-22-38(23-30-43)36-14-6-2-7-15-36)44-31-24-39(25-32-44)40-26-33-48-46(34-40)45-18-10-11-19-47(45)50(48)41-16-8-3-9-17-41;1-3-9-26(10-4-1)28-15-19-30(20-16-28)37(31-21-17-29(18-22-31)27-11-5-2-6-12-27)32-23-24-34-33-13-7-8-14-35(33)38-36(34)25-32/h1-34H;1-25H. The van der Waals surface area contributed by atoms with Crippen molar-refractivity contribution in [2.75, 3.05) is 9.80 Å². The lowest BCUT2D eigenvalue weighted by Gasteiger charge is -2.26. The highest BCUT2D eigenvalue weighted by atomic mass is 16.3. The summed E-state index contributed by atoms with van der Waals surface area (Å²) in [6.07, 6.45) is 0. The number of para-hydroxylation sites is 3. The summed E-state index contributed by atoms with van der Waals surface area (Å²) in [7, 11) is 0. The Morgan fingerprint density at radius 2 is 0.500 bits per heavy atom. The van der Waals surface area contributed by atoms with Crippen molar-refractivity contribution in [2.45, 2.75) is 0 Å². The molecule has 2 heterocycles.